The van der Waals surface area contributed by atoms with Crippen molar-refractivity contribution in [3.63, 3.8) is 0 Å². The number of anilines is 1. The van der Waals surface area contributed by atoms with Gasteiger partial charge in [0.25, 0.3) is 0 Å². The maximum absolute atomic E-state index is 4.53. The summed E-state index contributed by atoms with van der Waals surface area (Å²) < 4.78 is 1.02. The highest BCUT2D eigenvalue weighted by Crippen LogP contribution is 2.31. The van der Waals surface area contributed by atoms with Crippen LogP contribution in [-0.2, 0) is 0 Å². The largest absolute Gasteiger partial charge is 0.379 e. The quantitative estimate of drug-likeness (QED) is 0.892. The van der Waals surface area contributed by atoms with E-state index in [2.05, 4.69) is 57.4 Å². The monoisotopic (exact) mass is 322 g/mol. The second-order valence-electron chi connectivity index (χ2n) is 4.65. The van der Waals surface area contributed by atoms with Gasteiger partial charge in [-0.1, -0.05) is 19.1 Å². The number of aromatic nitrogens is 1. The molecule has 2 atom stereocenters. The van der Waals surface area contributed by atoms with Crippen molar-refractivity contribution < 1.29 is 0 Å². The summed E-state index contributed by atoms with van der Waals surface area (Å²) >= 11 is 5.51. The fourth-order valence-corrected chi connectivity index (χ4v) is 3.92. The summed E-state index contributed by atoms with van der Waals surface area (Å²) in [4.78, 5) is 4.53. The van der Waals surface area contributed by atoms with Gasteiger partial charge in [-0.05, 0) is 40.2 Å². The Hall–Kier alpha value is -0.740. The van der Waals surface area contributed by atoms with E-state index >= 15 is 0 Å². The number of fused-ring (bicyclic) bond motifs is 1. The van der Waals surface area contributed by atoms with Crippen molar-refractivity contribution in [2.45, 2.75) is 24.6 Å². The third-order valence-corrected chi connectivity index (χ3v) is 5.15. The second-order valence-corrected chi connectivity index (χ2v) is 7.05. The van der Waals surface area contributed by atoms with E-state index in [1.54, 1.807) is 0 Å². The highest BCUT2D eigenvalue weighted by molar-refractivity contribution is 9.10. The molecular weight excluding hydrogens is 308 g/mol. The number of rotatable bonds is 2. The van der Waals surface area contributed by atoms with E-state index in [1.807, 2.05) is 18.0 Å². The molecule has 1 aliphatic rings. The van der Waals surface area contributed by atoms with E-state index in [9.17, 15) is 0 Å². The van der Waals surface area contributed by atoms with E-state index < -0.39 is 0 Å². The average molecular weight is 323 g/mol. The van der Waals surface area contributed by atoms with Gasteiger partial charge in [0, 0.05) is 27.3 Å². The average Bonchev–Trinajstić information content (AvgIpc) is 2.75. The van der Waals surface area contributed by atoms with Crippen LogP contribution < -0.4 is 5.32 Å². The van der Waals surface area contributed by atoms with Crippen molar-refractivity contribution >= 4 is 44.3 Å². The summed E-state index contributed by atoms with van der Waals surface area (Å²) in [5, 5.41) is 5.50. The van der Waals surface area contributed by atoms with Gasteiger partial charge >= 0.3 is 0 Å². The second kappa shape index (κ2) is 5.10. The molecule has 2 unspecified atom stereocenters. The Morgan fingerprint density at radius 2 is 2.33 bits per heavy atom. The van der Waals surface area contributed by atoms with Gasteiger partial charge in [-0.25, -0.2) is 0 Å². The van der Waals surface area contributed by atoms with Gasteiger partial charge in [-0.15, -0.1) is 0 Å². The number of halogens is 1. The first-order chi connectivity index (χ1) is 8.74. The van der Waals surface area contributed by atoms with Crippen molar-refractivity contribution in [1.29, 1.82) is 0 Å². The van der Waals surface area contributed by atoms with Gasteiger partial charge in [-0.2, -0.15) is 11.8 Å². The minimum absolute atomic E-state index is 0.561. The highest BCUT2D eigenvalue weighted by Gasteiger charge is 2.24. The molecule has 94 valence electrons. The van der Waals surface area contributed by atoms with E-state index in [0.717, 1.165) is 15.7 Å². The molecule has 0 bridgehead atoms. The first-order valence-corrected chi connectivity index (χ1v) is 8.00. The molecule has 0 spiro atoms. The Bertz CT molecular complexity index is 573. The number of thioether (sulfide) groups is 1. The molecule has 2 heterocycles. The first kappa shape index (κ1) is 12.3. The van der Waals surface area contributed by atoms with Crippen molar-refractivity contribution in [2.75, 3.05) is 11.1 Å². The molecule has 0 saturated carbocycles. The van der Waals surface area contributed by atoms with Crippen LogP contribution in [0.25, 0.3) is 10.9 Å². The molecule has 1 saturated heterocycles. The normalized spacial score (nSPS) is 23.4. The summed E-state index contributed by atoms with van der Waals surface area (Å²) in [6, 6.07) is 8.99. The molecule has 1 N–H and O–H groups in total. The van der Waals surface area contributed by atoms with Crippen molar-refractivity contribution in [3.8, 4) is 0 Å². The molecular formula is C14H15BrN2S. The molecule has 4 heteroatoms. The Labute approximate surface area is 120 Å². The van der Waals surface area contributed by atoms with Gasteiger partial charge in [-0.3, -0.25) is 4.98 Å². The zero-order valence-corrected chi connectivity index (χ0v) is 12.6. The minimum Gasteiger partial charge on any atom is -0.379 e. The Kier molecular flexibility index (Phi) is 3.48. The molecule has 3 rings (SSSR count). The molecule has 1 aromatic heterocycles. The molecule has 0 aliphatic carbocycles. The van der Waals surface area contributed by atoms with Crippen LogP contribution in [0.5, 0.6) is 0 Å². The van der Waals surface area contributed by atoms with Crippen LogP contribution in [0.2, 0.25) is 0 Å². The summed E-state index contributed by atoms with van der Waals surface area (Å²) in [5.41, 5.74) is 2.21. The predicted molar refractivity (Wildman–Crippen MR) is 83.4 cm³/mol. The topological polar surface area (TPSA) is 24.9 Å². The molecule has 1 fully saturated rings. The molecule has 1 aliphatic heterocycles. The van der Waals surface area contributed by atoms with Gasteiger partial charge in [0.05, 0.1) is 11.2 Å². The van der Waals surface area contributed by atoms with Gasteiger partial charge in [0.1, 0.15) is 0 Å². The molecule has 1 aromatic carbocycles. The number of hydrogen-bond donors (Lipinski definition) is 1. The SMILES string of the molecule is CC1SCCC1Nc1cccc2cc(Br)cnc12. The zero-order chi connectivity index (χ0) is 12.5. The van der Waals surface area contributed by atoms with Crippen LogP contribution in [0.15, 0.2) is 34.9 Å². The highest BCUT2D eigenvalue weighted by atomic mass is 79.9. The summed E-state index contributed by atoms with van der Waals surface area (Å²) in [6.45, 7) is 2.30. The lowest BCUT2D eigenvalue weighted by molar-refractivity contribution is 0.725. The fourth-order valence-electron chi connectivity index (χ4n) is 2.37. The Morgan fingerprint density at radius 1 is 1.44 bits per heavy atom. The lowest BCUT2D eigenvalue weighted by Crippen LogP contribution is -2.24. The third-order valence-electron chi connectivity index (χ3n) is 3.39. The number of para-hydroxylation sites is 1. The van der Waals surface area contributed by atoms with Crippen LogP contribution >= 0.6 is 27.7 Å². The van der Waals surface area contributed by atoms with E-state index in [1.165, 1.54) is 17.6 Å². The van der Waals surface area contributed by atoms with Crippen molar-refractivity contribution in [1.82, 2.24) is 4.98 Å². The van der Waals surface area contributed by atoms with Crippen LogP contribution in [0, 0.1) is 0 Å². The third kappa shape index (κ3) is 2.36. The van der Waals surface area contributed by atoms with Crippen LogP contribution in [0.3, 0.4) is 0 Å². The molecule has 2 nitrogen and oxygen atoms in total. The summed E-state index contributed by atoms with van der Waals surface area (Å²) in [6.07, 6.45) is 3.10. The van der Waals surface area contributed by atoms with Crippen molar-refractivity contribution in [3.05, 3.63) is 34.9 Å². The van der Waals surface area contributed by atoms with Crippen LogP contribution in [0.1, 0.15) is 13.3 Å². The fraction of sp³-hybridized carbons (Fsp3) is 0.357. The maximum Gasteiger partial charge on any atom is 0.0934 e. The number of benzene rings is 1. The predicted octanol–water partition coefficient (Wildman–Crippen LogP) is 4.30. The lowest BCUT2D eigenvalue weighted by Gasteiger charge is -2.18. The number of nitrogens with one attached hydrogen (secondary N) is 1. The van der Waals surface area contributed by atoms with Crippen LogP contribution in [-0.4, -0.2) is 22.0 Å². The van der Waals surface area contributed by atoms with Gasteiger partial charge < -0.3 is 5.32 Å². The first-order valence-electron chi connectivity index (χ1n) is 6.16. The van der Waals surface area contributed by atoms with Gasteiger partial charge in [0.2, 0.25) is 0 Å². The van der Waals surface area contributed by atoms with Crippen molar-refractivity contribution in [2.24, 2.45) is 0 Å². The standard InChI is InChI=1S/C14H15BrN2S/c1-9-12(5-6-18-9)17-13-4-2-3-10-7-11(15)8-16-14(10)13/h2-4,7-9,12,17H,5-6H2,1H3. The summed E-state index contributed by atoms with van der Waals surface area (Å²) in [5.74, 6) is 1.25. The van der Waals surface area contributed by atoms with E-state index in [4.69, 9.17) is 0 Å². The van der Waals surface area contributed by atoms with Gasteiger partial charge in [0.15, 0.2) is 0 Å². The molecule has 18 heavy (non-hydrogen) atoms. The summed E-state index contributed by atoms with van der Waals surface area (Å²) in [7, 11) is 0. The smallest absolute Gasteiger partial charge is 0.0934 e. The molecule has 2 aromatic rings. The Balaban J connectivity index is 1.96. The number of hydrogen-bond acceptors (Lipinski definition) is 3. The number of nitrogens with zero attached hydrogens (tertiary/aromatic N) is 1. The zero-order valence-electron chi connectivity index (χ0n) is 10.2. The van der Waals surface area contributed by atoms with E-state index in [-0.39, 0.29) is 0 Å². The van der Waals surface area contributed by atoms with Crippen LogP contribution in [0.4, 0.5) is 5.69 Å². The minimum atomic E-state index is 0.561. The number of pyridine rings is 1. The Morgan fingerprint density at radius 3 is 3.11 bits per heavy atom. The lowest BCUT2D eigenvalue weighted by atomic mass is 10.1. The molecule has 0 radical (unpaired) electrons. The maximum atomic E-state index is 4.53. The molecule has 0 amide bonds. The van der Waals surface area contributed by atoms with E-state index in [0.29, 0.717) is 11.3 Å².